The number of hydrogen-bond acceptors (Lipinski definition) is 5. The van der Waals surface area contributed by atoms with Crippen LogP contribution in [0.5, 0.6) is 0 Å². The predicted molar refractivity (Wildman–Crippen MR) is 88.9 cm³/mol. The van der Waals surface area contributed by atoms with E-state index in [1.54, 1.807) is 5.38 Å². The summed E-state index contributed by atoms with van der Waals surface area (Å²) in [4.78, 5) is 27.0. The number of halogens is 2. The van der Waals surface area contributed by atoms with Gasteiger partial charge in [0.25, 0.3) is 5.91 Å². The zero-order valence-electron chi connectivity index (χ0n) is 11.8. The topological polar surface area (TPSA) is 83.1 Å². The lowest BCUT2D eigenvalue weighted by molar-refractivity contribution is -0.114. The Morgan fingerprint density at radius 2 is 2.14 bits per heavy atom. The average Bonchev–Trinajstić information content (AvgIpc) is 2.76. The molecule has 0 bridgehead atoms. The smallest absolute Gasteiger partial charge is 0.271 e. The summed E-state index contributed by atoms with van der Waals surface area (Å²) in [5.74, 6) is -0.361. The van der Waals surface area contributed by atoms with Crippen LogP contribution in [-0.4, -0.2) is 35.4 Å². The van der Waals surface area contributed by atoms with E-state index in [4.69, 9.17) is 0 Å². The van der Waals surface area contributed by atoms with E-state index in [9.17, 15) is 9.59 Å². The van der Waals surface area contributed by atoms with Gasteiger partial charge in [0.05, 0.1) is 0 Å². The number of nitrogens with zero attached hydrogens (tertiary/aromatic N) is 1. The number of aromatic nitrogens is 1. The van der Waals surface area contributed by atoms with Gasteiger partial charge in [0.1, 0.15) is 5.69 Å². The van der Waals surface area contributed by atoms with Gasteiger partial charge in [-0.1, -0.05) is 0 Å². The number of rotatable bonds is 3. The molecule has 21 heavy (non-hydrogen) atoms. The largest absolute Gasteiger partial charge is 0.348 e. The monoisotopic (exact) mass is 354 g/mol. The first kappa shape index (κ1) is 20.1. The van der Waals surface area contributed by atoms with Gasteiger partial charge in [-0.15, -0.1) is 36.2 Å². The molecule has 9 heteroatoms. The Morgan fingerprint density at radius 3 is 2.76 bits per heavy atom. The fraction of sp³-hybridized carbons (Fsp3) is 0.583. The highest BCUT2D eigenvalue weighted by atomic mass is 35.5. The van der Waals surface area contributed by atoms with E-state index in [1.807, 2.05) is 0 Å². The molecule has 1 saturated heterocycles. The van der Waals surface area contributed by atoms with Crippen LogP contribution in [0.25, 0.3) is 0 Å². The van der Waals surface area contributed by atoms with Gasteiger partial charge in [-0.25, -0.2) is 4.98 Å². The van der Waals surface area contributed by atoms with E-state index in [-0.39, 0.29) is 42.7 Å². The van der Waals surface area contributed by atoms with Gasteiger partial charge < -0.3 is 16.0 Å². The summed E-state index contributed by atoms with van der Waals surface area (Å²) in [6, 6.07) is 0.610. The third-order valence-corrected chi connectivity index (χ3v) is 3.74. The second-order valence-electron chi connectivity index (χ2n) is 4.77. The molecule has 2 atom stereocenters. The van der Waals surface area contributed by atoms with Crippen LogP contribution in [0.3, 0.4) is 0 Å². The zero-order chi connectivity index (χ0) is 13.8. The van der Waals surface area contributed by atoms with E-state index in [0.717, 1.165) is 19.4 Å². The van der Waals surface area contributed by atoms with Crippen molar-refractivity contribution in [3.63, 3.8) is 0 Å². The fourth-order valence-electron chi connectivity index (χ4n) is 2.11. The van der Waals surface area contributed by atoms with Crippen LogP contribution in [-0.2, 0) is 4.79 Å². The van der Waals surface area contributed by atoms with Gasteiger partial charge in [0.15, 0.2) is 5.13 Å². The molecule has 6 nitrogen and oxygen atoms in total. The van der Waals surface area contributed by atoms with Crippen LogP contribution in [0.15, 0.2) is 5.38 Å². The lowest BCUT2D eigenvalue weighted by Gasteiger charge is -2.28. The molecular formula is C12H20Cl2N4O2S. The number of anilines is 1. The third-order valence-electron chi connectivity index (χ3n) is 2.98. The molecule has 0 spiro atoms. The number of carbonyl (C=O) groups is 2. The zero-order valence-corrected chi connectivity index (χ0v) is 14.3. The molecule has 1 aromatic heterocycles. The quantitative estimate of drug-likeness (QED) is 0.772. The molecule has 1 aliphatic rings. The Hall–Kier alpha value is -0.890. The van der Waals surface area contributed by atoms with Crippen LogP contribution in [0.2, 0.25) is 0 Å². The first-order valence-electron chi connectivity index (χ1n) is 6.32. The lowest BCUT2D eigenvalue weighted by atomic mass is 10.0. The van der Waals surface area contributed by atoms with Crippen molar-refractivity contribution in [2.24, 2.45) is 0 Å². The summed E-state index contributed by atoms with van der Waals surface area (Å²) in [6.45, 7) is 4.44. The number of piperidine rings is 1. The predicted octanol–water partition coefficient (Wildman–Crippen LogP) is 1.82. The Bertz CT molecular complexity index is 484. The number of carbonyl (C=O) groups excluding carboxylic acids is 2. The number of amides is 2. The Labute approximate surface area is 140 Å². The highest BCUT2D eigenvalue weighted by Crippen LogP contribution is 2.16. The van der Waals surface area contributed by atoms with Crippen molar-refractivity contribution in [1.82, 2.24) is 15.6 Å². The first-order chi connectivity index (χ1) is 9.04. The summed E-state index contributed by atoms with van der Waals surface area (Å²) in [7, 11) is 0. The first-order valence-corrected chi connectivity index (χ1v) is 7.20. The molecule has 1 aliphatic heterocycles. The molecule has 2 amide bonds. The highest BCUT2D eigenvalue weighted by molar-refractivity contribution is 7.14. The van der Waals surface area contributed by atoms with Gasteiger partial charge in [0.2, 0.25) is 5.91 Å². The molecule has 3 N–H and O–H groups in total. The van der Waals surface area contributed by atoms with Crippen LogP contribution >= 0.6 is 36.2 Å². The minimum absolute atomic E-state index is 0. The molecule has 2 heterocycles. The second kappa shape index (κ2) is 9.19. The van der Waals surface area contributed by atoms with Gasteiger partial charge in [-0.3, -0.25) is 9.59 Å². The Kier molecular flexibility index (Phi) is 8.80. The van der Waals surface area contributed by atoms with Gasteiger partial charge in [-0.05, 0) is 26.3 Å². The maximum absolute atomic E-state index is 12.0. The number of hydrogen-bond donors (Lipinski definition) is 3. The summed E-state index contributed by atoms with van der Waals surface area (Å²) < 4.78 is 0. The second-order valence-corrected chi connectivity index (χ2v) is 5.63. The molecule has 2 unspecified atom stereocenters. The molecule has 0 saturated carbocycles. The highest BCUT2D eigenvalue weighted by Gasteiger charge is 2.21. The average molecular weight is 355 g/mol. The standard InChI is InChI=1S/C12H18N4O2S.2ClH/c1-7-5-9(3-4-13-7)15-11(18)10-6-19-12(16-10)14-8(2)17;;/h6-7,9,13H,3-5H2,1-2H3,(H,15,18)(H,14,16,17);2*1H. The maximum Gasteiger partial charge on any atom is 0.271 e. The van der Waals surface area contributed by atoms with Crippen LogP contribution in [0.4, 0.5) is 5.13 Å². The molecule has 120 valence electrons. The SMILES string of the molecule is CC(=O)Nc1nc(C(=O)NC2CCNC(C)C2)cs1.Cl.Cl. The van der Waals surface area contributed by atoms with E-state index in [2.05, 4.69) is 27.9 Å². The third kappa shape index (κ3) is 6.17. The van der Waals surface area contributed by atoms with E-state index in [1.165, 1.54) is 18.3 Å². The van der Waals surface area contributed by atoms with Gasteiger partial charge >= 0.3 is 0 Å². The summed E-state index contributed by atoms with van der Waals surface area (Å²) in [6.07, 6.45) is 1.85. The fourth-order valence-corrected chi connectivity index (χ4v) is 2.85. The summed E-state index contributed by atoms with van der Waals surface area (Å²) in [5, 5.41) is 11.0. The molecule has 2 rings (SSSR count). The molecular weight excluding hydrogens is 335 g/mol. The van der Waals surface area contributed by atoms with Crippen molar-refractivity contribution in [2.45, 2.75) is 38.8 Å². The van der Waals surface area contributed by atoms with E-state index in [0.29, 0.717) is 16.9 Å². The van der Waals surface area contributed by atoms with Crippen molar-refractivity contribution >= 4 is 53.1 Å². The number of thiazole rings is 1. The van der Waals surface area contributed by atoms with Crippen molar-refractivity contribution < 1.29 is 9.59 Å². The van der Waals surface area contributed by atoms with Crippen molar-refractivity contribution in [3.05, 3.63) is 11.1 Å². The van der Waals surface area contributed by atoms with E-state index >= 15 is 0 Å². The van der Waals surface area contributed by atoms with Gasteiger partial charge in [-0.2, -0.15) is 0 Å². The van der Waals surface area contributed by atoms with Crippen molar-refractivity contribution in [1.29, 1.82) is 0 Å². The summed E-state index contributed by atoms with van der Waals surface area (Å²) in [5.41, 5.74) is 0.361. The minimum atomic E-state index is -0.187. The Morgan fingerprint density at radius 1 is 1.43 bits per heavy atom. The molecule has 0 aliphatic carbocycles. The van der Waals surface area contributed by atoms with Gasteiger partial charge in [0, 0.05) is 24.4 Å². The van der Waals surface area contributed by atoms with Crippen LogP contribution in [0.1, 0.15) is 37.2 Å². The molecule has 1 aromatic rings. The maximum atomic E-state index is 12.0. The molecule has 0 aromatic carbocycles. The normalized spacial score (nSPS) is 20.7. The number of nitrogens with one attached hydrogen (secondary N) is 3. The van der Waals surface area contributed by atoms with Crippen molar-refractivity contribution in [2.75, 3.05) is 11.9 Å². The van der Waals surface area contributed by atoms with Crippen LogP contribution in [0, 0.1) is 0 Å². The molecule has 0 radical (unpaired) electrons. The minimum Gasteiger partial charge on any atom is -0.348 e. The molecule has 1 fully saturated rings. The lowest BCUT2D eigenvalue weighted by Crippen LogP contribution is -2.46. The van der Waals surface area contributed by atoms with E-state index < -0.39 is 0 Å². The summed E-state index contributed by atoms with van der Waals surface area (Å²) >= 11 is 1.25. The van der Waals surface area contributed by atoms with Crippen LogP contribution < -0.4 is 16.0 Å². The Balaban J connectivity index is 0.00000200. The van der Waals surface area contributed by atoms with Crippen molar-refractivity contribution in [3.8, 4) is 0 Å².